The molecule has 0 saturated heterocycles. The van der Waals surface area contributed by atoms with Crippen molar-refractivity contribution in [3.8, 4) is 11.8 Å². The molecule has 4 heteroatoms. The number of benzene rings is 1. The van der Waals surface area contributed by atoms with Crippen molar-refractivity contribution in [2.24, 2.45) is 5.73 Å². The Morgan fingerprint density at radius 2 is 2.20 bits per heavy atom. The van der Waals surface area contributed by atoms with E-state index in [1.165, 1.54) is 0 Å². The molecule has 0 aliphatic heterocycles. The van der Waals surface area contributed by atoms with Crippen LogP contribution < -0.4 is 11.1 Å². The number of anilines is 1. The van der Waals surface area contributed by atoms with Crippen LogP contribution in [0.3, 0.4) is 0 Å². The fourth-order valence-electron chi connectivity index (χ4n) is 1.61. The van der Waals surface area contributed by atoms with E-state index in [4.69, 9.17) is 10.5 Å². The maximum Gasteiger partial charge on any atom is 0.226 e. The SMILES string of the molecule is CCCOCCC(=O)Nc1cc(C#CCN)ccc1C. The van der Waals surface area contributed by atoms with Crippen LogP contribution >= 0.6 is 0 Å². The first-order chi connectivity index (χ1) is 9.67. The van der Waals surface area contributed by atoms with E-state index in [-0.39, 0.29) is 5.91 Å². The van der Waals surface area contributed by atoms with Crippen LogP contribution in [0.25, 0.3) is 0 Å². The van der Waals surface area contributed by atoms with Crippen molar-refractivity contribution >= 4 is 11.6 Å². The first-order valence-electron chi connectivity index (χ1n) is 6.84. The molecule has 3 N–H and O–H groups in total. The lowest BCUT2D eigenvalue weighted by Crippen LogP contribution is -2.15. The van der Waals surface area contributed by atoms with Gasteiger partial charge in [0, 0.05) is 17.9 Å². The fraction of sp³-hybridized carbons (Fsp3) is 0.438. The number of aryl methyl sites for hydroxylation is 1. The molecular weight excluding hydrogens is 252 g/mol. The average molecular weight is 274 g/mol. The normalized spacial score (nSPS) is 9.75. The molecule has 0 aliphatic carbocycles. The van der Waals surface area contributed by atoms with Crippen LogP contribution in [0.2, 0.25) is 0 Å². The lowest BCUT2D eigenvalue weighted by atomic mass is 10.1. The van der Waals surface area contributed by atoms with E-state index < -0.39 is 0 Å². The maximum absolute atomic E-state index is 11.8. The Hall–Kier alpha value is -1.83. The highest BCUT2D eigenvalue weighted by Crippen LogP contribution is 2.16. The summed E-state index contributed by atoms with van der Waals surface area (Å²) in [5.74, 6) is 5.70. The molecule has 0 radical (unpaired) electrons. The number of amides is 1. The second-order valence-corrected chi connectivity index (χ2v) is 4.45. The second-order valence-electron chi connectivity index (χ2n) is 4.45. The van der Waals surface area contributed by atoms with Gasteiger partial charge in [-0.3, -0.25) is 4.79 Å². The van der Waals surface area contributed by atoms with E-state index in [1.807, 2.05) is 32.0 Å². The minimum Gasteiger partial charge on any atom is -0.381 e. The molecule has 1 aromatic rings. The van der Waals surface area contributed by atoms with Crippen LogP contribution in [0, 0.1) is 18.8 Å². The number of carbonyl (C=O) groups excluding carboxylic acids is 1. The van der Waals surface area contributed by atoms with Crippen molar-refractivity contribution in [1.82, 2.24) is 0 Å². The number of rotatable bonds is 6. The summed E-state index contributed by atoms with van der Waals surface area (Å²) in [4.78, 5) is 11.8. The molecule has 0 heterocycles. The molecule has 0 unspecified atom stereocenters. The van der Waals surface area contributed by atoms with E-state index in [0.29, 0.717) is 26.2 Å². The zero-order chi connectivity index (χ0) is 14.8. The number of hydrogen-bond donors (Lipinski definition) is 2. The lowest BCUT2D eigenvalue weighted by Gasteiger charge is -2.09. The van der Waals surface area contributed by atoms with Crippen molar-refractivity contribution in [2.75, 3.05) is 25.1 Å². The van der Waals surface area contributed by atoms with Crippen LogP contribution in [0.1, 0.15) is 30.9 Å². The minimum atomic E-state index is -0.0480. The van der Waals surface area contributed by atoms with Gasteiger partial charge in [-0.25, -0.2) is 0 Å². The first kappa shape index (κ1) is 16.2. The third-order valence-electron chi connectivity index (χ3n) is 2.67. The number of nitrogens with one attached hydrogen (secondary N) is 1. The van der Waals surface area contributed by atoms with Gasteiger partial charge in [0.2, 0.25) is 5.91 Å². The van der Waals surface area contributed by atoms with Crippen molar-refractivity contribution in [2.45, 2.75) is 26.7 Å². The predicted octanol–water partition coefficient (Wildman–Crippen LogP) is 2.06. The number of nitrogens with two attached hydrogens (primary N) is 1. The van der Waals surface area contributed by atoms with E-state index in [9.17, 15) is 4.79 Å². The molecule has 1 rings (SSSR count). The monoisotopic (exact) mass is 274 g/mol. The minimum absolute atomic E-state index is 0.0480. The maximum atomic E-state index is 11.8. The molecule has 0 aromatic heterocycles. The van der Waals surface area contributed by atoms with E-state index in [0.717, 1.165) is 23.2 Å². The summed E-state index contributed by atoms with van der Waals surface area (Å²) in [5.41, 5.74) is 7.99. The Morgan fingerprint density at radius 3 is 2.90 bits per heavy atom. The summed E-state index contributed by atoms with van der Waals surface area (Å²) < 4.78 is 5.30. The van der Waals surface area contributed by atoms with Gasteiger partial charge in [0.15, 0.2) is 0 Å². The Balaban J connectivity index is 2.59. The Kier molecular flexibility index (Phi) is 7.41. The van der Waals surface area contributed by atoms with Crippen LogP contribution in [0.4, 0.5) is 5.69 Å². The summed E-state index contributed by atoms with van der Waals surface area (Å²) in [6.45, 7) is 5.45. The van der Waals surface area contributed by atoms with Gasteiger partial charge < -0.3 is 15.8 Å². The molecule has 0 bridgehead atoms. The van der Waals surface area contributed by atoms with Gasteiger partial charge in [-0.05, 0) is 31.0 Å². The summed E-state index contributed by atoms with van der Waals surface area (Å²) in [5, 5.41) is 2.89. The second kappa shape index (κ2) is 9.13. The van der Waals surface area contributed by atoms with Gasteiger partial charge in [-0.15, -0.1) is 0 Å². The van der Waals surface area contributed by atoms with Gasteiger partial charge in [-0.2, -0.15) is 0 Å². The molecule has 0 saturated carbocycles. The summed E-state index contributed by atoms with van der Waals surface area (Å²) in [7, 11) is 0. The van der Waals surface area contributed by atoms with Crippen LogP contribution in [-0.2, 0) is 9.53 Å². The highest BCUT2D eigenvalue weighted by Gasteiger charge is 2.05. The third-order valence-corrected chi connectivity index (χ3v) is 2.67. The van der Waals surface area contributed by atoms with Gasteiger partial charge in [0.1, 0.15) is 0 Å². The van der Waals surface area contributed by atoms with Gasteiger partial charge in [0.25, 0.3) is 0 Å². The lowest BCUT2D eigenvalue weighted by molar-refractivity contribution is -0.117. The summed E-state index contributed by atoms with van der Waals surface area (Å²) in [6, 6.07) is 5.71. The molecule has 1 amide bonds. The van der Waals surface area contributed by atoms with Crippen molar-refractivity contribution in [1.29, 1.82) is 0 Å². The zero-order valence-corrected chi connectivity index (χ0v) is 12.2. The molecule has 20 heavy (non-hydrogen) atoms. The molecule has 4 nitrogen and oxygen atoms in total. The van der Waals surface area contributed by atoms with Gasteiger partial charge >= 0.3 is 0 Å². The molecule has 0 spiro atoms. The average Bonchev–Trinajstić information content (AvgIpc) is 2.44. The molecule has 0 aliphatic rings. The van der Waals surface area contributed by atoms with Crippen molar-refractivity contribution in [3.63, 3.8) is 0 Å². The third kappa shape index (κ3) is 5.87. The van der Waals surface area contributed by atoms with Crippen molar-refractivity contribution in [3.05, 3.63) is 29.3 Å². The van der Waals surface area contributed by atoms with E-state index in [1.54, 1.807) is 0 Å². The number of carbonyl (C=O) groups is 1. The number of ether oxygens (including phenoxy) is 1. The Morgan fingerprint density at radius 1 is 1.40 bits per heavy atom. The Labute approximate surface area is 120 Å². The highest BCUT2D eigenvalue weighted by molar-refractivity contribution is 5.91. The summed E-state index contributed by atoms with van der Waals surface area (Å²) in [6.07, 6.45) is 1.32. The quantitative estimate of drug-likeness (QED) is 0.616. The van der Waals surface area contributed by atoms with Crippen LogP contribution in [-0.4, -0.2) is 25.7 Å². The topological polar surface area (TPSA) is 64.3 Å². The van der Waals surface area contributed by atoms with Crippen molar-refractivity contribution < 1.29 is 9.53 Å². The zero-order valence-electron chi connectivity index (χ0n) is 12.2. The largest absolute Gasteiger partial charge is 0.381 e. The van der Waals surface area contributed by atoms with E-state index >= 15 is 0 Å². The first-order valence-corrected chi connectivity index (χ1v) is 6.84. The molecule has 1 aromatic carbocycles. The standard InChI is InChI=1S/C16H22N2O2/c1-3-10-20-11-8-16(19)18-15-12-14(5-4-9-17)7-6-13(15)2/h6-7,12H,3,8-11,17H2,1-2H3,(H,18,19). The van der Waals surface area contributed by atoms with Gasteiger partial charge in [-0.1, -0.05) is 24.8 Å². The summed E-state index contributed by atoms with van der Waals surface area (Å²) >= 11 is 0. The molecule has 0 atom stereocenters. The molecule has 108 valence electrons. The fourth-order valence-corrected chi connectivity index (χ4v) is 1.61. The highest BCUT2D eigenvalue weighted by atomic mass is 16.5. The molecule has 0 fully saturated rings. The molecular formula is C16H22N2O2. The van der Waals surface area contributed by atoms with Crippen LogP contribution in [0.5, 0.6) is 0 Å². The van der Waals surface area contributed by atoms with Crippen LogP contribution in [0.15, 0.2) is 18.2 Å². The van der Waals surface area contributed by atoms with Gasteiger partial charge in [0.05, 0.1) is 19.6 Å². The number of hydrogen-bond acceptors (Lipinski definition) is 3. The Bertz CT molecular complexity index is 501. The smallest absolute Gasteiger partial charge is 0.226 e. The predicted molar refractivity (Wildman–Crippen MR) is 81.5 cm³/mol. The van der Waals surface area contributed by atoms with E-state index in [2.05, 4.69) is 17.2 Å².